The smallest absolute Gasteiger partial charge is 0.409 e. The number of anilines is 3. The number of aromatic nitrogens is 4. The minimum atomic E-state index is -1.15. The van der Waals surface area contributed by atoms with Crippen LogP contribution in [0.4, 0.5) is 26.2 Å². The maximum atomic E-state index is 13.8. The van der Waals surface area contributed by atoms with Crippen LogP contribution in [0.15, 0.2) is 97.2 Å². The molecule has 8 N–H and O–H groups in total. The Bertz CT molecular complexity index is 3980. The van der Waals surface area contributed by atoms with E-state index in [2.05, 4.69) is 50.1 Å². The van der Waals surface area contributed by atoms with E-state index in [4.69, 9.17) is 25.3 Å². The van der Waals surface area contributed by atoms with E-state index in [0.717, 1.165) is 82.6 Å². The van der Waals surface area contributed by atoms with E-state index in [1.165, 1.54) is 16.2 Å². The molecule has 506 valence electrons. The zero-order chi connectivity index (χ0) is 68.2. The number of amides is 9. The number of ether oxygens (including phenoxy) is 2. The van der Waals surface area contributed by atoms with Gasteiger partial charge in [-0.05, 0) is 152 Å². The largest absolute Gasteiger partial charge is 0.476 e. The zero-order valence-electron chi connectivity index (χ0n) is 54.9. The predicted molar refractivity (Wildman–Crippen MR) is 359 cm³/mol. The number of carbonyl (C=O) groups is 9. The number of fused-ring (bicyclic) bond motifs is 4. The van der Waals surface area contributed by atoms with Crippen LogP contribution in [0.5, 0.6) is 0 Å². The normalized spacial score (nSPS) is 21.5. The van der Waals surface area contributed by atoms with Gasteiger partial charge in [-0.1, -0.05) is 75.4 Å². The number of benzene rings is 3. The summed E-state index contributed by atoms with van der Waals surface area (Å²) in [6, 6.07) is 20.9. The van der Waals surface area contributed by atoms with Crippen LogP contribution in [-0.2, 0) is 59.6 Å². The summed E-state index contributed by atoms with van der Waals surface area (Å²) >= 11 is 1.42. The number of carbonyl (C=O) groups excluding carboxylic acids is 8. The molecule has 3 aliphatic carbocycles. The molecule has 3 aromatic carbocycles. The van der Waals surface area contributed by atoms with E-state index in [9.17, 15) is 48.3 Å². The van der Waals surface area contributed by atoms with Gasteiger partial charge in [0.2, 0.25) is 17.7 Å². The van der Waals surface area contributed by atoms with Crippen LogP contribution in [0.2, 0.25) is 0 Å². The number of para-hydroxylation sites is 1. The first kappa shape index (κ1) is 67.8. The quantitative estimate of drug-likeness (QED) is 0.0198. The van der Waals surface area contributed by atoms with E-state index in [0.29, 0.717) is 71.6 Å². The van der Waals surface area contributed by atoms with Crippen LogP contribution in [0.3, 0.4) is 0 Å². The number of imide groups is 1. The van der Waals surface area contributed by atoms with Gasteiger partial charge in [0.1, 0.15) is 24.5 Å². The number of pyridine rings is 1. The average Bonchev–Trinajstić information content (AvgIpc) is 0.787. The van der Waals surface area contributed by atoms with Crippen LogP contribution in [0.25, 0.3) is 21.3 Å². The van der Waals surface area contributed by atoms with Crippen molar-refractivity contribution in [2.45, 2.75) is 137 Å². The van der Waals surface area contributed by atoms with Gasteiger partial charge in [0, 0.05) is 93.0 Å². The fourth-order valence-electron chi connectivity index (χ4n) is 15.5. The van der Waals surface area contributed by atoms with Crippen molar-refractivity contribution in [2.24, 2.45) is 33.8 Å². The third-order valence-corrected chi connectivity index (χ3v) is 20.6. The van der Waals surface area contributed by atoms with Crippen molar-refractivity contribution in [1.82, 2.24) is 45.5 Å². The molecule has 11 rings (SSSR count). The van der Waals surface area contributed by atoms with Gasteiger partial charge in [0.15, 0.2) is 10.8 Å². The number of hydrogen-bond donors (Lipinski definition) is 7. The van der Waals surface area contributed by atoms with Crippen LogP contribution in [-0.4, -0.2) is 146 Å². The molecule has 96 heavy (non-hydrogen) atoms. The molecule has 0 radical (unpaired) electrons. The number of thiazole rings is 1. The molecule has 26 heteroatoms. The summed E-state index contributed by atoms with van der Waals surface area (Å²) in [5.74, 6) is -3.96. The number of nitrogens with one attached hydrogen (secondary N) is 5. The van der Waals surface area contributed by atoms with Crippen molar-refractivity contribution < 1.29 is 57.7 Å². The van der Waals surface area contributed by atoms with Crippen molar-refractivity contribution in [2.75, 3.05) is 55.4 Å². The number of hydrogen-bond acceptors (Lipinski definition) is 16. The third kappa shape index (κ3) is 15.2. The Morgan fingerprint density at radius 3 is 2.38 bits per heavy atom. The molecule has 3 aromatic heterocycles. The average molecular weight is 1330 g/mol. The number of carboxylic acid groups (broad SMARTS) is 1. The van der Waals surface area contributed by atoms with E-state index < -0.39 is 65.6 Å². The number of nitrogens with two attached hydrogens (primary N) is 1. The van der Waals surface area contributed by atoms with Gasteiger partial charge in [0.05, 0.1) is 29.1 Å². The van der Waals surface area contributed by atoms with Gasteiger partial charge in [-0.3, -0.25) is 43.7 Å². The topological polar surface area (TPSA) is 332 Å². The van der Waals surface area contributed by atoms with E-state index >= 15 is 0 Å². The van der Waals surface area contributed by atoms with E-state index in [-0.39, 0.29) is 85.4 Å². The molecule has 9 amide bonds. The maximum Gasteiger partial charge on any atom is 0.409 e. The first-order chi connectivity index (χ1) is 45.9. The summed E-state index contributed by atoms with van der Waals surface area (Å²) in [6.45, 7) is 12.3. The molecule has 25 nitrogen and oxygen atoms in total. The number of urea groups is 1. The summed E-state index contributed by atoms with van der Waals surface area (Å²) in [7, 11) is 1.67. The predicted octanol–water partition coefficient (Wildman–Crippen LogP) is 8.35. The summed E-state index contributed by atoms with van der Waals surface area (Å²) in [5.41, 5.74) is 11.5. The highest BCUT2D eigenvalue weighted by molar-refractivity contribution is 7.22. The Balaban J connectivity index is 0.683. The second-order valence-electron chi connectivity index (χ2n) is 27.4. The lowest BCUT2D eigenvalue weighted by atomic mass is 9.40. The summed E-state index contributed by atoms with van der Waals surface area (Å²) in [5, 5.41) is 29.9. The highest BCUT2D eigenvalue weighted by Gasteiger charge is 2.63. The molecule has 3 saturated carbocycles. The molecule has 3 bridgehead atoms. The molecule has 5 unspecified atom stereocenters. The molecular formula is C70H83N13O12S. The Hall–Kier alpha value is -9.56. The summed E-state index contributed by atoms with van der Waals surface area (Å²) < 4.78 is 15.6. The van der Waals surface area contributed by atoms with Crippen LogP contribution >= 0.6 is 11.3 Å². The standard InChI is InChI=1S/C70H83N13O12S/c1-41(2)59(78-56(84)26-30-82-57(85)22-23-58(82)86)63(89)75-52(14-10-28-72-65(71)92)62(88)74-45-18-16-43(17-19-45)36-95-67(93)80(6)31-32-94-53-33-69(5)37-68(4)27-24-50(53)70(38-68,39-69)40-83-42(3)48(34-73-83)46-20-21-55(77-60(46)64(90)91)81-29-25-44-11-9-12-47(49(44)35-81)61(87)79-66-76-51-13-7-8-15-54(51)96-66/h7-9,11-13,15-23,34,41,50,52-53,59H,10,14,24-33,35-40H2,1-6H3,(H,74,88)(H,75,89)(H,78,84)(H,90,91)(H3,71,72,92)(H,76,79,87)/t50?,52-,53?,59-,68?,69?,70?/m0/s1. The number of aromatic carboxylic acids is 1. The number of likely N-dealkylation sites (N-methyl/N-ethyl adjacent to an activating group) is 1. The number of primary amides is 1. The second-order valence-corrected chi connectivity index (χ2v) is 28.4. The molecule has 5 aliphatic rings. The number of rotatable bonds is 26. The molecule has 3 fully saturated rings. The SMILES string of the molecule is Cc1c(-c2ccc(N3CCc4cccc(C(=O)Nc5nc6ccccc6s5)c4C3)nc2C(=O)O)cnn1CC12CC3(C)CCC1C(OCCN(C)C(=O)OCc1ccc(NC(=O)[C@H](CCCNC(N)=O)NC(=O)[C@@H](NC(=O)CCN4C(=O)C=CC4=O)C(C)C)cc1)CC(C)(C3)C2. The Kier molecular flexibility index (Phi) is 20.1. The van der Waals surface area contributed by atoms with Gasteiger partial charge >= 0.3 is 18.1 Å². The minimum Gasteiger partial charge on any atom is -0.476 e. The molecule has 0 saturated heterocycles. The molecular weight excluding hydrogens is 1250 g/mol. The van der Waals surface area contributed by atoms with E-state index in [1.54, 1.807) is 51.4 Å². The van der Waals surface area contributed by atoms with E-state index in [1.807, 2.05) is 66.4 Å². The molecule has 7 atom stereocenters. The zero-order valence-corrected chi connectivity index (χ0v) is 55.7. The number of carboxylic acids is 1. The highest BCUT2D eigenvalue weighted by Crippen LogP contribution is 2.69. The maximum absolute atomic E-state index is 13.8. The number of nitrogens with zero attached hydrogens (tertiary/aromatic N) is 7. The van der Waals surface area contributed by atoms with Crippen molar-refractivity contribution in [1.29, 1.82) is 0 Å². The van der Waals surface area contributed by atoms with Gasteiger partial charge in [-0.2, -0.15) is 5.10 Å². The highest BCUT2D eigenvalue weighted by atomic mass is 32.1. The minimum absolute atomic E-state index is 0.00380. The van der Waals surface area contributed by atoms with Crippen molar-refractivity contribution in [3.05, 3.63) is 131 Å². The summed E-state index contributed by atoms with van der Waals surface area (Å²) in [4.78, 5) is 130. The first-order valence-electron chi connectivity index (χ1n) is 32.7. The fourth-order valence-corrected chi connectivity index (χ4v) is 16.3. The van der Waals surface area contributed by atoms with Gasteiger partial charge in [-0.25, -0.2) is 24.4 Å². The lowest BCUT2D eigenvalue weighted by molar-refractivity contribution is -0.203. The first-order valence-corrected chi connectivity index (χ1v) is 33.5. The molecule has 0 spiro atoms. The Labute approximate surface area is 560 Å². The van der Waals surface area contributed by atoms with Crippen LogP contribution < -0.4 is 37.2 Å². The Morgan fingerprint density at radius 2 is 1.64 bits per heavy atom. The van der Waals surface area contributed by atoms with Crippen molar-refractivity contribution >= 4 is 91.7 Å². The lowest BCUT2D eigenvalue weighted by Crippen LogP contribution is -2.61. The van der Waals surface area contributed by atoms with Gasteiger partial charge in [-0.15, -0.1) is 0 Å². The van der Waals surface area contributed by atoms with Crippen molar-refractivity contribution in [3.8, 4) is 11.1 Å². The summed E-state index contributed by atoms with van der Waals surface area (Å²) in [6.07, 6.45) is 10.2. The Morgan fingerprint density at radius 1 is 0.875 bits per heavy atom. The molecule has 5 heterocycles. The van der Waals surface area contributed by atoms with Gasteiger partial charge < -0.3 is 51.4 Å². The van der Waals surface area contributed by atoms with Gasteiger partial charge in [0.25, 0.3) is 17.7 Å². The molecule has 2 aliphatic heterocycles. The lowest BCUT2D eigenvalue weighted by Gasteiger charge is -2.66. The second kappa shape index (κ2) is 28.4. The van der Waals surface area contributed by atoms with Crippen molar-refractivity contribution in [3.63, 3.8) is 0 Å². The monoisotopic (exact) mass is 1330 g/mol. The fraction of sp³-hybridized carbons (Fsp3) is 0.457. The molecule has 6 aromatic rings. The van der Waals surface area contributed by atoms with Crippen LogP contribution in [0.1, 0.15) is 129 Å². The van der Waals surface area contributed by atoms with Crippen LogP contribution in [0, 0.1) is 35.0 Å². The third-order valence-electron chi connectivity index (χ3n) is 19.7.